The maximum absolute atomic E-state index is 12.7. The zero-order valence-electron chi connectivity index (χ0n) is 13.2. The summed E-state index contributed by atoms with van der Waals surface area (Å²) in [5.41, 5.74) is 5.51. The number of nitrogens with two attached hydrogens (primary N) is 1. The number of aromatic amines is 1. The number of likely N-dealkylation sites (tertiary alicyclic amines) is 1. The highest BCUT2D eigenvalue weighted by atomic mass is 79.9. The third kappa shape index (κ3) is 5.32. The second-order valence-electron chi connectivity index (χ2n) is 5.56. The molecule has 0 aromatic carbocycles. The molecule has 0 radical (unpaired) electrons. The number of pyridine rings is 1. The summed E-state index contributed by atoms with van der Waals surface area (Å²) in [6.07, 6.45) is 4.51. The van der Waals surface area contributed by atoms with Gasteiger partial charge < -0.3 is 20.9 Å². The fraction of sp³-hybridized carbons (Fsp3) is 0.533. The number of H-pyrrole nitrogens is 1. The predicted molar refractivity (Wildman–Crippen MR) is 97.4 cm³/mol. The summed E-state index contributed by atoms with van der Waals surface area (Å²) in [7, 11) is 0. The molecule has 0 aliphatic carbocycles. The van der Waals surface area contributed by atoms with Crippen LogP contribution in [0.3, 0.4) is 0 Å². The van der Waals surface area contributed by atoms with E-state index in [1.807, 2.05) is 0 Å². The zero-order chi connectivity index (χ0) is 16.8. The molecule has 24 heavy (non-hydrogen) atoms. The van der Waals surface area contributed by atoms with Gasteiger partial charge in [-0.2, -0.15) is 0 Å². The van der Waals surface area contributed by atoms with Crippen LogP contribution in [0.2, 0.25) is 0 Å². The van der Waals surface area contributed by atoms with Crippen LogP contribution in [0.25, 0.3) is 0 Å². The Hall–Kier alpha value is -1.38. The first-order chi connectivity index (χ1) is 11.0. The van der Waals surface area contributed by atoms with Crippen molar-refractivity contribution in [3.8, 4) is 0 Å². The lowest BCUT2D eigenvalue weighted by atomic mass is 10.0. The highest BCUT2D eigenvalue weighted by Crippen LogP contribution is 2.19. The van der Waals surface area contributed by atoms with E-state index in [0.717, 1.165) is 19.3 Å². The van der Waals surface area contributed by atoms with Gasteiger partial charge in [0, 0.05) is 38.3 Å². The number of nitrogens with zero attached hydrogens (tertiary/aromatic N) is 1. The minimum atomic E-state index is -0.272. The number of carbonyl (C=O) groups is 2. The molecular formula is C15H22BrClN4O3. The summed E-state index contributed by atoms with van der Waals surface area (Å²) in [6, 6.07) is 1.49. The number of hydrogen-bond donors (Lipinski definition) is 3. The molecule has 1 atom stereocenters. The molecule has 1 saturated heterocycles. The maximum Gasteiger partial charge on any atom is 0.262 e. The summed E-state index contributed by atoms with van der Waals surface area (Å²) in [5.74, 6) is -0.239. The van der Waals surface area contributed by atoms with Gasteiger partial charge in [-0.25, -0.2) is 0 Å². The Bertz CT molecular complexity index is 637. The van der Waals surface area contributed by atoms with Gasteiger partial charge in [0.05, 0.1) is 10.0 Å². The number of aromatic nitrogens is 1. The molecule has 1 aliphatic heterocycles. The van der Waals surface area contributed by atoms with Gasteiger partial charge in [0.15, 0.2) is 0 Å². The van der Waals surface area contributed by atoms with Gasteiger partial charge in [0.1, 0.15) is 0 Å². The predicted octanol–water partition coefficient (Wildman–Crippen LogP) is 1.02. The smallest absolute Gasteiger partial charge is 0.262 e. The van der Waals surface area contributed by atoms with Crippen molar-refractivity contribution in [3.63, 3.8) is 0 Å². The molecule has 1 aromatic rings. The Morgan fingerprint density at radius 2 is 2.17 bits per heavy atom. The van der Waals surface area contributed by atoms with Crippen LogP contribution in [0.1, 0.15) is 36.0 Å². The van der Waals surface area contributed by atoms with Crippen molar-refractivity contribution in [3.05, 3.63) is 32.7 Å². The Balaban J connectivity index is 0.00000288. The van der Waals surface area contributed by atoms with Crippen LogP contribution in [-0.4, -0.2) is 47.4 Å². The van der Waals surface area contributed by atoms with Gasteiger partial charge in [-0.05, 0) is 41.3 Å². The Morgan fingerprint density at radius 3 is 2.83 bits per heavy atom. The van der Waals surface area contributed by atoms with Crippen molar-refractivity contribution in [2.24, 2.45) is 5.73 Å². The number of carbonyl (C=O) groups excluding carboxylic acids is 2. The van der Waals surface area contributed by atoms with Gasteiger partial charge >= 0.3 is 0 Å². The molecule has 1 aliphatic rings. The topological polar surface area (TPSA) is 108 Å². The minimum absolute atomic E-state index is 0. The van der Waals surface area contributed by atoms with Gasteiger partial charge in [0.25, 0.3) is 11.5 Å². The molecule has 2 heterocycles. The second kappa shape index (κ2) is 9.80. The third-order valence-electron chi connectivity index (χ3n) is 3.90. The molecule has 1 aromatic heterocycles. The fourth-order valence-electron chi connectivity index (χ4n) is 2.68. The molecule has 4 N–H and O–H groups in total. The number of rotatable bonds is 5. The Morgan fingerprint density at radius 1 is 1.42 bits per heavy atom. The van der Waals surface area contributed by atoms with E-state index < -0.39 is 0 Å². The van der Waals surface area contributed by atoms with E-state index in [2.05, 4.69) is 26.2 Å². The zero-order valence-corrected chi connectivity index (χ0v) is 15.6. The van der Waals surface area contributed by atoms with Crippen molar-refractivity contribution in [1.29, 1.82) is 0 Å². The number of hydrogen-bond acceptors (Lipinski definition) is 4. The Kier molecular flexibility index (Phi) is 8.44. The quantitative estimate of drug-likeness (QED) is 0.659. The average Bonchev–Trinajstić information content (AvgIpc) is 2.55. The maximum atomic E-state index is 12.7. The fourth-order valence-corrected chi connectivity index (χ4v) is 3.04. The molecule has 1 fully saturated rings. The first-order valence-electron chi connectivity index (χ1n) is 7.69. The van der Waals surface area contributed by atoms with Gasteiger partial charge in [0.2, 0.25) is 5.91 Å². The van der Waals surface area contributed by atoms with Crippen LogP contribution in [0.5, 0.6) is 0 Å². The van der Waals surface area contributed by atoms with Crippen molar-refractivity contribution < 1.29 is 9.59 Å². The number of nitrogens with one attached hydrogen (secondary N) is 2. The van der Waals surface area contributed by atoms with E-state index in [1.54, 1.807) is 4.90 Å². The van der Waals surface area contributed by atoms with Gasteiger partial charge in [-0.1, -0.05) is 0 Å². The minimum Gasteiger partial charge on any atom is -0.354 e. The highest BCUT2D eigenvalue weighted by molar-refractivity contribution is 9.10. The first kappa shape index (κ1) is 20.7. The standard InChI is InChI=1S/C15H21BrN4O3.ClH/c16-12-7-10(8-19-14(12)22)15(23)20-6-2-1-3-11(20)9-18-13(21)4-5-17;/h7-8,11H,1-6,9,17H2,(H,18,21)(H,19,22);1H. The molecule has 7 nitrogen and oxygen atoms in total. The summed E-state index contributed by atoms with van der Waals surface area (Å²) >= 11 is 3.14. The van der Waals surface area contributed by atoms with E-state index in [1.165, 1.54) is 12.3 Å². The molecule has 2 amide bonds. The molecule has 0 bridgehead atoms. The lowest BCUT2D eigenvalue weighted by Crippen LogP contribution is -2.49. The van der Waals surface area contributed by atoms with Gasteiger partial charge in [-0.15, -0.1) is 12.4 Å². The third-order valence-corrected chi connectivity index (χ3v) is 4.49. The molecule has 0 saturated carbocycles. The van der Waals surface area contributed by atoms with Crippen molar-refractivity contribution >= 4 is 40.2 Å². The molecule has 2 rings (SSSR count). The lowest BCUT2D eigenvalue weighted by Gasteiger charge is -2.36. The van der Waals surface area contributed by atoms with Gasteiger partial charge in [-0.3, -0.25) is 14.4 Å². The second-order valence-corrected chi connectivity index (χ2v) is 6.41. The van der Waals surface area contributed by atoms with Crippen LogP contribution in [0, 0.1) is 0 Å². The highest BCUT2D eigenvalue weighted by Gasteiger charge is 2.28. The van der Waals surface area contributed by atoms with Crippen LogP contribution in [-0.2, 0) is 4.79 Å². The number of halogens is 2. The summed E-state index contributed by atoms with van der Waals surface area (Å²) in [4.78, 5) is 40.0. The summed E-state index contributed by atoms with van der Waals surface area (Å²) < 4.78 is 0.327. The SMILES string of the molecule is Cl.NCCC(=O)NCC1CCCCN1C(=O)c1c[nH]c(=O)c(Br)c1. The van der Waals surface area contributed by atoms with Crippen LogP contribution in [0.15, 0.2) is 21.5 Å². The number of piperidine rings is 1. The lowest BCUT2D eigenvalue weighted by molar-refractivity contribution is -0.121. The largest absolute Gasteiger partial charge is 0.354 e. The first-order valence-corrected chi connectivity index (χ1v) is 8.48. The Labute approximate surface area is 154 Å². The van der Waals surface area contributed by atoms with Crippen molar-refractivity contribution in [2.75, 3.05) is 19.6 Å². The average molecular weight is 422 g/mol. The van der Waals surface area contributed by atoms with Crippen LogP contribution in [0.4, 0.5) is 0 Å². The van der Waals surface area contributed by atoms with Crippen LogP contribution >= 0.6 is 28.3 Å². The molecule has 1 unspecified atom stereocenters. The van der Waals surface area contributed by atoms with E-state index in [-0.39, 0.29) is 42.2 Å². The van der Waals surface area contributed by atoms with Crippen LogP contribution < -0.4 is 16.6 Å². The van der Waals surface area contributed by atoms with E-state index in [9.17, 15) is 14.4 Å². The molecular weight excluding hydrogens is 400 g/mol. The summed E-state index contributed by atoms with van der Waals surface area (Å²) in [6.45, 7) is 1.38. The van der Waals surface area contributed by atoms with E-state index >= 15 is 0 Å². The molecule has 9 heteroatoms. The molecule has 0 spiro atoms. The molecule has 134 valence electrons. The van der Waals surface area contributed by atoms with E-state index in [0.29, 0.717) is 29.7 Å². The van der Waals surface area contributed by atoms with Crippen molar-refractivity contribution in [2.45, 2.75) is 31.7 Å². The van der Waals surface area contributed by atoms with Crippen molar-refractivity contribution in [1.82, 2.24) is 15.2 Å². The monoisotopic (exact) mass is 420 g/mol. The number of amides is 2. The summed E-state index contributed by atoms with van der Waals surface area (Å²) in [5, 5.41) is 2.83. The van der Waals surface area contributed by atoms with E-state index in [4.69, 9.17) is 5.73 Å². The normalized spacial score (nSPS) is 17.1.